The number of ketones is 1. The lowest BCUT2D eigenvalue weighted by Crippen LogP contribution is -2.07. The number of aromatic hydroxyl groups is 1. The van der Waals surface area contributed by atoms with Crippen LogP contribution in [0.15, 0.2) is 42.5 Å². The topological polar surface area (TPSA) is 58.6 Å². The van der Waals surface area contributed by atoms with Gasteiger partial charge in [-0.15, -0.1) is 0 Å². The number of allylic oxidation sites excluding steroid dienone is 1. The van der Waals surface area contributed by atoms with Crippen LogP contribution in [0.1, 0.15) is 48.7 Å². The summed E-state index contributed by atoms with van der Waals surface area (Å²) in [5.74, 6) is 0.730. The highest BCUT2D eigenvalue weighted by molar-refractivity contribution is 6.07. The van der Waals surface area contributed by atoms with Crippen molar-refractivity contribution in [1.82, 2.24) is 0 Å². The smallest absolute Gasteiger partial charge is 0.185 e. The van der Waals surface area contributed by atoms with E-state index in [9.17, 15) is 9.90 Å². The van der Waals surface area contributed by atoms with E-state index in [1.165, 1.54) is 0 Å². The average Bonchev–Trinajstić information content (AvgIpc) is 2.62. The molecule has 0 aliphatic carbocycles. The average molecular weight is 353 g/mol. The van der Waals surface area contributed by atoms with Gasteiger partial charge in [0, 0.05) is 29.9 Å². The van der Waals surface area contributed by atoms with Crippen molar-refractivity contribution in [2.75, 3.05) is 12.4 Å². The van der Waals surface area contributed by atoms with E-state index in [0.29, 0.717) is 11.3 Å². The number of carbonyl (C=O) groups excluding carboxylic acids is 1. The van der Waals surface area contributed by atoms with Gasteiger partial charge in [0.05, 0.1) is 6.10 Å². The van der Waals surface area contributed by atoms with Gasteiger partial charge in [-0.05, 0) is 68.3 Å². The molecular formula is C22H27NO3. The molecule has 0 spiro atoms. The van der Waals surface area contributed by atoms with E-state index in [0.717, 1.165) is 29.7 Å². The van der Waals surface area contributed by atoms with Gasteiger partial charge in [0.25, 0.3) is 0 Å². The van der Waals surface area contributed by atoms with Crippen LogP contribution in [0.25, 0.3) is 6.08 Å². The van der Waals surface area contributed by atoms with Crippen molar-refractivity contribution < 1.29 is 14.6 Å². The second-order valence-corrected chi connectivity index (χ2v) is 6.46. The first-order valence-corrected chi connectivity index (χ1v) is 8.97. The Morgan fingerprint density at radius 1 is 1.23 bits per heavy atom. The highest BCUT2D eigenvalue weighted by Crippen LogP contribution is 2.31. The molecule has 26 heavy (non-hydrogen) atoms. The Bertz CT molecular complexity index is 777. The maximum absolute atomic E-state index is 12.4. The molecule has 4 heteroatoms. The zero-order chi connectivity index (χ0) is 19.1. The van der Waals surface area contributed by atoms with Crippen LogP contribution < -0.4 is 10.1 Å². The maximum Gasteiger partial charge on any atom is 0.185 e. The second kappa shape index (κ2) is 9.09. The Morgan fingerprint density at radius 2 is 1.92 bits per heavy atom. The molecule has 2 aromatic rings. The van der Waals surface area contributed by atoms with E-state index >= 15 is 0 Å². The first-order valence-electron chi connectivity index (χ1n) is 8.97. The van der Waals surface area contributed by atoms with Gasteiger partial charge in [-0.2, -0.15) is 0 Å². The Labute approximate surface area is 155 Å². The number of nitrogens with one attached hydrogen (secondary N) is 1. The molecule has 2 rings (SSSR count). The van der Waals surface area contributed by atoms with Crippen molar-refractivity contribution in [2.24, 2.45) is 0 Å². The molecule has 0 bridgehead atoms. The fourth-order valence-electron chi connectivity index (χ4n) is 2.65. The number of hydrogen-bond acceptors (Lipinski definition) is 4. The largest absolute Gasteiger partial charge is 0.508 e. The highest BCUT2D eigenvalue weighted by atomic mass is 16.5. The molecule has 0 heterocycles. The SMILES string of the molecule is CCCc1cc(C=CC(=O)c2ccc(NC)cc2)c(OC(C)C)cc1O. The molecule has 0 amide bonds. The minimum absolute atomic E-state index is 0.0247. The van der Waals surface area contributed by atoms with E-state index in [4.69, 9.17) is 4.74 Å². The highest BCUT2D eigenvalue weighted by Gasteiger charge is 2.11. The number of rotatable bonds is 8. The van der Waals surface area contributed by atoms with E-state index < -0.39 is 0 Å². The van der Waals surface area contributed by atoms with Gasteiger partial charge < -0.3 is 15.2 Å². The third-order valence-corrected chi connectivity index (χ3v) is 3.97. The number of benzene rings is 2. The maximum atomic E-state index is 12.4. The summed E-state index contributed by atoms with van der Waals surface area (Å²) in [4.78, 5) is 12.4. The molecule has 0 atom stereocenters. The molecule has 0 aliphatic rings. The first kappa shape index (κ1) is 19.6. The molecule has 138 valence electrons. The fourth-order valence-corrected chi connectivity index (χ4v) is 2.65. The normalized spacial score (nSPS) is 11.1. The first-order chi connectivity index (χ1) is 12.4. The van der Waals surface area contributed by atoms with E-state index in [1.54, 1.807) is 30.4 Å². The summed E-state index contributed by atoms with van der Waals surface area (Å²) in [7, 11) is 1.84. The van der Waals surface area contributed by atoms with Crippen molar-refractivity contribution in [3.63, 3.8) is 0 Å². The van der Waals surface area contributed by atoms with Crippen molar-refractivity contribution in [1.29, 1.82) is 0 Å². The summed E-state index contributed by atoms with van der Waals surface area (Å²) in [6.45, 7) is 5.92. The predicted molar refractivity (Wildman–Crippen MR) is 107 cm³/mol. The monoisotopic (exact) mass is 353 g/mol. The third kappa shape index (κ3) is 5.12. The van der Waals surface area contributed by atoms with Gasteiger partial charge in [0.15, 0.2) is 5.78 Å². The van der Waals surface area contributed by atoms with Gasteiger partial charge in [0.2, 0.25) is 0 Å². The molecule has 4 nitrogen and oxygen atoms in total. The second-order valence-electron chi connectivity index (χ2n) is 6.46. The zero-order valence-electron chi connectivity index (χ0n) is 15.9. The van der Waals surface area contributed by atoms with Gasteiger partial charge in [-0.1, -0.05) is 13.3 Å². The van der Waals surface area contributed by atoms with Crippen LogP contribution in [0.5, 0.6) is 11.5 Å². The molecule has 0 aliphatic heterocycles. The van der Waals surface area contributed by atoms with Crippen molar-refractivity contribution in [2.45, 2.75) is 39.7 Å². The van der Waals surface area contributed by atoms with Crippen LogP contribution in [0.2, 0.25) is 0 Å². The minimum Gasteiger partial charge on any atom is -0.508 e. The lowest BCUT2D eigenvalue weighted by atomic mass is 10.0. The molecule has 0 fully saturated rings. The van der Waals surface area contributed by atoms with Crippen LogP contribution in [0.4, 0.5) is 5.69 Å². The molecule has 0 radical (unpaired) electrons. The lowest BCUT2D eigenvalue weighted by Gasteiger charge is -2.15. The number of ether oxygens (including phenoxy) is 1. The third-order valence-electron chi connectivity index (χ3n) is 3.97. The zero-order valence-corrected chi connectivity index (χ0v) is 15.9. The number of phenols is 1. The van der Waals surface area contributed by atoms with Crippen molar-refractivity contribution >= 4 is 17.5 Å². The van der Waals surface area contributed by atoms with Gasteiger partial charge in [0.1, 0.15) is 11.5 Å². The van der Waals surface area contributed by atoms with Crippen molar-refractivity contribution in [3.8, 4) is 11.5 Å². The molecular weight excluding hydrogens is 326 g/mol. The lowest BCUT2D eigenvalue weighted by molar-refractivity contribution is 0.104. The minimum atomic E-state index is -0.0757. The Kier molecular flexibility index (Phi) is 6.84. The van der Waals surface area contributed by atoms with Gasteiger partial charge in [-0.25, -0.2) is 0 Å². The summed E-state index contributed by atoms with van der Waals surface area (Å²) in [5.41, 5.74) is 3.23. The Morgan fingerprint density at radius 3 is 2.50 bits per heavy atom. The fraction of sp³-hybridized carbons (Fsp3) is 0.318. The number of anilines is 1. The van der Waals surface area contributed by atoms with Gasteiger partial charge >= 0.3 is 0 Å². The van der Waals surface area contributed by atoms with Crippen LogP contribution >= 0.6 is 0 Å². The number of phenolic OH excluding ortho intramolecular Hbond substituents is 1. The van der Waals surface area contributed by atoms with E-state index in [1.807, 2.05) is 39.1 Å². The summed E-state index contributed by atoms with van der Waals surface area (Å²) in [6, 6.07) is 10.9. The van der Waals surface area contributed by atoms with E-state index in [-0.39, 0.29) is 17.6 Å². The summed E-state index contributed by atoms with van der Waals surface area (Å²) < 4.78 is 5.80. The number of aryl methyl sites for hydroxylation is 1. The molecule has 2 aromatic carbocycles. The summed E-state index contributed by atoms with van der Waals surface area (Å²) in [6.07, 6.45) is 4.98. The molecule has 0 aromatic heterocycles. The summed E-state index contributed by atoms with van der Waals surface area (Å²) >= 11 is 0. The predicted octanol–water partition coefficient (Wildman–Crippen LogP) is 5.07. The van der Waals surface area contributed by atoms with Crippen LogP contribution in [0, 0.1) is 0 Å². The molecule has 0 unspecified atom stereocenters. The van der Waals surface area contributed by atoms with E-state index in [2.05, 4.69) is 12.2 Å². The van der Waals surface area contributed by atoms with Gasteiger partial charge in [-0.3, -0.25) is 4.79 Å². The Balaban J connectivity index is 2.30. The standard InChI is InChI=1S/C22H27NO3/c1-5-6-17-13-18(22(14-21(17)25)26-15(2)3)9-12-20(24)16-7-10-19(23-4)11-8-16/h7-15,23,25H,5-6H2,1-4H3. The number of carbonyl (C=O) groups is 1. The van der Waals surface area contributed by atoms with Crippen LogP contribution in [0.3, 0.4) is 0 Å². The molecule has 0 saturated carbocycles. The Hall–Kier alpha value is -2.75. The molecule has 0 saturated heterocycles. The van der Waals surface area contributed by atoms with Crippen LogP contribution in [-0.2, 0) is 6.42 Å². The number of hydrogen-bond donors (Lipinski definition) is 2. The van der Waals surface area contributed by atoms with Crippen molar-refractivity contribution in [3.05, 3.63) is 59.2 Å². The van der Waals surface area contributed by atoms with Crippen LogP contribution in [-0.4, -0.2) is 24.0 Å². The quantitative estimate of drug-likeness (QED) is 0.514. The molecule has 2 N–H and O–H groups in total. The summed E-state index contributed by atoms with van der Waals surface area (Å²) in [5, 5.41) is 13.2.